The van der Waals surface area contributed by atoms with Gasteiger partial charge in [-0.15, -0.1) is 11.3 Å². The number of hydrogen-bond donors (Lipinski definition) is 2. The maximum Gasteiger partial charge on any atom is 0.323 e. The molecule has 0 unspecified atom stereocenters. The summed E-state index contributed by atoms with van der Waals surface area (Å²) in [5.74, 6) is 0. The third-order valence-corrected chi connectivity index (χ3v) is 3.07. The number of aryl methyl sites for hydroxylation is 1. The summed E-state index contributed by atoms with van der Waals surface area (Å²) in [4.78, 5) is 18.7. The van der Waals surface area contributed by atoms with Crippen LogP contribution in [-0.4, -0.2) is 42.1 Å². The monoisotopic (exact) mass is 226 g/mol. The lowest BCUT2D eigenvalue weighted by Gasteiger charge is -2.26. The predicted molar refractivity (Wildman–Crippen MR) is 60.3 cm³/mol. The van der Waals surface area contributed by atoms with Crippen LogP contribution >= 0.6 is 11.3 Å². The zero-order chi connectivity index (χ0) is 10.7. The van der Waals surface area contributed by atoms with E-state index >= 15 is 0 Å². The number of nitrogens with zero attached hydrogens (tertiary/aromatic N) is 2. The minimum atomic E-state index is -0.0501. The number of amides is 2. The van der Waals surface area contributed by atoms with E-state index in [1.54, 1.807) is 11.1 Å². The van der Waals surface area contributed by atoms with Crippen LogP contribution in [0.15, 0.2) is 6.20 Å². The fraction of sp³-hybridized carbons (Fsp3) is 0.556. The molecule has 1 fully saturated rings. The number of piperazine rings is 1. The molecular weight excluding hydrogens is 212 g/mol. The summed E-state index contributed by atoms with van der Waals surface area (Å²) in [5.41, 5.74) is 0. The van der Waals surface area contributed by atoms with E-state index in [9.17, 15) is 4.79 Å². The van der Waals surface area contributed by atoms with Crippen molar-refractivity contribution in [2.24, 2.45) is 0 Å². The fourth-order valence-corrected chi connectivity index (χ4v) is 2.11. The molecule has 0 radical (unpaired) electrons. The van der Waals surface area contributed by atoms with Gasteiger partial charge in [0, 0.05) is 37.3 Å². The van der Waals surface area contributed by atoms with Crippen molar-refractivity contribution in [2.75, 3.05) is 31.5 Å². The van der Waals surface area contributed by atoms with Crippen molar-refractivity contribution in [1.82, 2.24) is 15.2 Å². The Morgan fingerprint density at radius 1 is 1.60 bits per heavy atom. The molecule has 1 saturated heterocycles. The average molecular weight is 226 g/mol. The standard InChI is InChI=1S/C9H14N4OS/c1-7-6-11-8(15-7)12-9(14)13-4-2-10-3-5-13/h6,10H,2-5H2,1H3,(H,11,12,14). The fourth-order valence-electron chi connectivity index (χ4n) is 1.45. The van der Waals surface area contributed by atoms with Gasteiger partial charge >= 0.3 is 6.03 Å². The van der Waals surface area contributed by atoms with Crippen molar-refractivity contribution in [1.29, 1.82) is 0 Å². The van der Waals surface area contributed by atoms with Gasteiger partial charge in [0.15, 0.2) is 5.13 Å². The molecule has 1 aliphatic rings. The highest BCUT2D eigenvalue weighted by atomic mass is 32.1. The van der Waals surface area contributed by atoms with Gasteiger partial charge in [-0.3, -0.25) is 5.32 Å². The minimum Gasteiger partial charge on any atom is -0.322 e. The van der Waals surface area contributed by atoms with Gasteiger partial charge < -0.3 is 10.2 Å². The largest absolute Gasteiger partial charge is 0.323 e. The summed E-state index contributed by atoms with van der Waals surface area (Å²) in [6, 6.07) is -0.0501. The molecule has 0 spiro atoms. The summed E-state index contributed by atoms with van der Waals surface area (Å²) in [6.07, 6.45) is 1.76. The van der Waals surface area contributed by atoms with E-state index in [1.807, 2.05) is 6.92 Å². The molecule has 1 aliphatic heterocycles. The second kappa shape index (κ2) is 4.59. The first-order valence-electron chi connectivity index (χ1n) is 4.95. The second-order valence-corrected chi connectivity index (χ2v) is 4.68. The molecule has 2 N–H and O–H groups in total. The van der Waals surface area contributed by atoms with Gasteiger partial charge in [0.2, 0.25) is 0 Å². The number of rotatable bonds is 1. The number of carbonyl (C=O) groups is 1. The van der Waals surface area contributed by atoms with Crippen LogP contribution in [0.2, 0.25) is 0 Å². The van der Waals surface area contributed by atoms with Crippen molar-refractivity contribution in [3.63, 3.8) is 0 Å². The maximum absolute atomic E-state index is 11.7. The zero-order valence-electron chi connectivity index (χ0n) is 8.62. The van der Waals surface area contributed by atoms with Crippen molar-refractivity contribution >= 4 is 22.5 Å². The molecule has 82 valence electrons. The third-order valence-electron chi connectivity index (χ3n) is 2.24. The normalized spacial score (nSPS) is 16.5. The van der Waals surface area contributed by atoms with Crippen LogP contribution in [0.4, 0.5) is 9.93 Å². The van der Waals surface area contributed by atoms with E-state index in [4.69, 9.17) is 0 Å². The van der Waals surface area contributed by atoms with Gasteiger partial charge in [-0.25, -0.2) is 9.78 Å². The van der Waals surface area contributed by atoms with Gasteiger partial charge in [-0.05, 0) is 6.92 Å². The van der Waals surface area contributed by atoms with Crippen LogP contribution in [-0.2, 0) is 0 Å². The Kier molecular flexibility index (Phi) is 3.17. The van der Waals surface area contributed by atoms with Crippen LogP contribution in [0.5, 0.6) is 0 Å². The molecule has 1 aromatic rings. The molecule has 6 heteroatoms. The number of urea groups is 1. The number of anilines is 1. The first-order valence-corrected chi connectivity index (χ1v) is 5.76. The molecule has 5 nitrogen and oxygen atoms in total. The molecule has 1 aromatic heterocycles. The molecular formula is C9H14N4OS. The summed E-state index contributed by atoms with van der Waals surface area (Å²) in [7, 11) is 0. The molecule has 15 heavy (non-hydrogen) atoms. The van der Waals surface area contributed by atoms with Crippen LogP contribution in [0, 0.1) is 6.92 Å². The lowest BCUT2D eigenvalue weighted by molar-refractivity contribution is 0.204. The Hall–Kier alpha value is -1.14. The summed E-state index contributed by atoms with van der Waals surface area (Å²) >= 11 is 1.49. The van der Waals surface area contributed by atoms with Gasteiger partial charge in [-0.1, -0.05) is 0 Å². The summed E-state index contributed by atoms with van der Waals surface area (Å²) in [5, 5.41) is 6.68. The highest BCUT2D eigenvalue weighted by molar-refractivity contribution is 7.15. The SMILES string of the molecule is Cc1cnc(NC(=O)N2CCNCC2)s1. The molecule has 0 saturated carbocycles. The van der Waals surface area contributed by atoms with Crippen LogP contribution in [0.3, 0.4) is 0 Å². The highest BCUT2D eigenvalue weighted by Gasteiger charge is 2.16. The molecule has 0 aromatic carbocycles. The van der Waals surface area contributed by atoms with Crippen LogP contribution in [0.25, 0.3) is 0 Å². The number of nitrogens with one attached hydrogen (secondary N) is 2. The van der Waals surface area contributed by atoms with Gasteiger partial charge in [-0.2, -0.15) is 0 Å². The Morgan fingerprint density at radius 3 is 2.93 bits per heavy atom. The molecule has 2 rings (SSSR count). The Morgan fingerprint density at radius 2 is 2.33 bits per heavy atom. The first kappa shape index (κ1) is 10.4. The second-order valence-electron chi connectivity index (χ2n) is 3.44. The Bertz CT molecular complexity index is 346. The van der Waals surface area contributed by atoms with Crippen molar-refractivity contribution in [3.05, 3.63) is 11.1 Å². The Labute approximate surface area is 92.5 Å². The Balaban J connectivity index is 1.91. The number of hydrogen-bond acceptors (Lipinski definition) is 4. The van der Waals surface area contributed by atoms with Crippen LogP contribution < -0.4 is 10.6 Å². The molecule has 0 aliphatic carbocycles. The topological polar surface area (TPSA) is 57.3 Å². The highest BCUT2D eigenvalue weighted by Crippen LogP contribution is 2.16. The van der Waals surface area contributed by atoms with E-state index in [2.05, 4.69) is 15.6 Å². The van der Waals surface area contributed by atoms with E-state index in [0.29, 0.717) is 5.13 Å². The lowest BCUT2D eigenvalue weighted by Crippen LogP contribution is -2.48. The predicted octanol–water partition coefficient (Wildman–Crippen LogP) is 0.889. The van der Waals surface area contributed by atoms with E-state index in [0.717, 1.165) is 31.1 Å². The van der Waals surface area contributed by atoms with Crippen molar-refractivity contribution in [3.8, 4) is 0 Å². The summed E-state index contributed by atoms with van der Waals surface area (Å²) in [6.45, 7) is 5.22. The number of aromatic nitrogens is 1. The van der Waals surface area contributed by atoms with Gasteiger partial charge in [0.05, 0.1) is 0 Å². The number of carbonyl (C=O) groups excluding carboxylic acids is 1. The number of thiazole rings is 1. The average Bonchev–Trinajstić information content (AvgIpc) is 2.65. The smallest absolute Gasteiger partial charge is 0.322 e. The zero-order valence-corrected chi connectivity index (χ0v) is 9.43. The third kappa shape index (κ3) is 2.66. The van der Waals surface area contributed by atoms with E-state index in [-0.39, 0.29) is 6.03 Å². The first-order chi connectivity index (χ1) is 7.25. The van der Waals surface area contributed by atoms with Crippen molar-refractivity contribution < 1.29 is 4.79 Å². The van der Waals surface area contributed by atoms with E-state index in [1.165, 1.54) is 11.3 Å². The van der Waals surface area contributed by atoms with Gasteiger partial charge in [0.25, 0.3) is 0 Å². The van der Waals surface area contributed by atoms with Crippen molar-refractivity contribution in [2.45, 2.75) is 6.92 Å². The maximum atomic E-state index is 11.7. The molecule has 2 heterocycles. The van der Waals surface area contributed by atoms with Gasteiger partial charge in [0.1, 0.15) is 0 Å². The molecule has 2 amide bonds. The van der Waals surface area contributed by atoms with E-state index < -0.39 is 0 Å². The summed E-state index contributed by atoms with van der Waals surface area (Å²) < 4.78 is 0. The quantitative estimate of drug-likeness (QED) is 0.747. The molecule has 0 bridgehead atoms. The lowest BCUT2D eigenvalue weighted by atomic mass is 10.4. The van der Waals surface area contributed by atoms with Crippen LogP contribution in [0.1, 0.15) is 4.88 Å². The molecule has 0 atom stereocenters. The minimum absolute atomic E-state index is 0.0501.